The summed E-state index contributed by atoms with van der Waals surface area (Å²) < 4.78 is 0. The summed E-state index contributed by atoms with van der Waals surface area (Å²) in [5.41, 5.74) is 0.828. The van der Waals surface area contributed by atoms with E-state index in [0.29, 0.717) is 6.42 Å². The number of thiophene rings is 1. The van der Waals surface area contributed by atoms with Gasteiger partial charge in [-0.1, -0.05) is 36.4 Å². The number of rotatable bonds is 8. The van der Waals surface area contributed by atoms with Crippen LogP contribution in [0.2, 0.25) is 0 Å². The van der Waals surface area contributed by atoms with Crippen molar-refractivity contribution in [2.45, 2.75) is 19.3 Å². The fourth-order valence-electron chi connectivity index (χ4n) is 2.15. The topological polar surface area (TPSA) is 20.3 Å². The van der Waals surface area contributed by atoms with Gasteiger partial charge in [0.2, 0.25) is 0 Å². The lowest BCUT2D eigenvalue weighted by Crippen LogP contribution is -2.22. The molecule has 3 heteroatoms. The predicted octanol–water partition coefficient (Wildman–Crippen LogP) is 3.89. The second-order valence-corrected chi connectivity index (χ2v) is 6.06. The van der Waals surface area contributed by atoms with E-state index in [2.05, 4.69) is 29.5 Å². The zero-order valence-corrected chi connectivity index (χ0v) is 12.7. The standard InChI is InChI=1S/C17H21NOS/c1-18(13-11-16-9-6-14-20-16)12-5-10-17(19)15-7-3-2-4-8-15/h2-4,6-9,14H,5,10-13H2,1H3. The van der Waals surface area contributed by atoms with Gasteiger partial charge in [0, 0.05) is 23.4 Å². The maximum atomic E-state index is 12.0. The molecule has 20 heavy (non-hydrogen) atoms. The molecule has 0 unspecified atom stereocenters. The van der Waals surface area contributed by atoms with Gasteiger partial charge < -0.3 is 4.90 Å². The van der Waals surface area contributed by atoms with Gasteiger partial charge in [0.05, 0.1) is 0 Å². The first-order chi connectivity index (χ1) is 9.75. The van der Waals surface area contributed by atoms with Crippen LogP contribution in [0.3, 0.4) is 0 Å². The smallest absolute Gasteiger partial charge is 0.162 e. The Labute approximate surface area is 125 Å². The summed E-state index contributed by atoms with van der Waals surface area (Å²) >= 11 is 1.81. The first-order valence-electron chi connectivity index (χ1n) is 7.05. The van der Waals surface area contributed by atoms with E-state index in [4.69, 9.17) is 0 Å². The van der Waals surface area contributed by atoms with Crippen molar-refractivity contribution in [1.82, 2.24) is 4.90 Å². The van der Waals surface area contributed by atoms with Crippen molar-refractivity contribution in [2.75, 3.05) is 20.1 Å². The number of Topliss-reactive ketones (excluding diaryl/α,β-unsaturated/α-hetero) is 1. The third kappa shape index (κ3) is 4.91. The number of carbonyl (C=O) groups excluding carboxylic acids is 1. The molecule has 106 valence electrons. The van der Waals surface area contributed by atoms with Crippen LogP contribution in [0.5, 0.6) is 0 Å². The van der Waals surface area contributed by atoms with Gasteiger partial charge >= 0.3 is 0 Å². The minimum Gasteiger partial charge on any atom is -0.306 e. The molecule has 0 saturated heterocycles. The monoisotopic (exact) mass is 287 g/mol. The van der Waals surface area contributed by atoms with Crippen LogP contribution in [-0.4, -0.2) is 30.8 Å². The molecule has 1 aromatic heterocycles. The zero-order chi connectivity index (χ0) is 14.2. The highest BCUT2D eigenvalue weighted by atomic mass is 32.1. The van der Waals surface area contributed by atoms with E-state index in [1.807, 2.05) is 41.7 Å². The van der Waals surface area contributed by atoms with Crippen LogP contribution in [-0.2, 0) is 6.42 Å². The van der Waals surface area contributed by atoms with E-state index < -0.39 is 0 Å². The highest BCUT2D eigenvalue weighted by molar-refractivity contribution is 7.09. The maximum absolute atomic E-state index is 12.0. The summed E-state index contributed by atoms with van der Waals surface area (Å²) in [6.45, 7) is 2.03. The molecule has 2 rings (SSSR count). The van der Waals surface area contributed by atoms with Gasteiger partial charge in [0.15, 0.2) is 5.78 Å². The molecule has 2 nitrogen and oxygen atoms in total. The Morgan fingerprint density at radius 3 is 2.60 bits per heavy atom. The fourth-order valence-corrected chi connectivity index (χ4v) is 2.84. The number of benzene rings is 1. The van der Waals surface area contributed by atoms with Crippen molar-refractivity contribution in [3.05, 3.63) is 58.3 Å². The molecular formula is C17H21NOS. The summed E-state index contributed by atoms with van der Waals surface area (Å²) in [6, 6.07) is 13.8. The van der Waals surface area contributed by atoms with Crippen molar-refractivity contribution >= 4 is 17.1 Å². The summed E-state index contributed by atoms with van der Waals surface area (Å²) in [5.74, 6) is 0.247. The molecule has 0 fully saturated rings. The summed E-state index contributed by atoms with van der Waals surface area (Å²) in [5, 5.41) is 2.12. The summed E-state index contributed by atoms with van der Waals surface area (Å²) in [7, 11) is 2.13. The van der Waals surface area contributed by atoms with E-state index in [1.54, 1.807) is 0 Å². The molecule has 0 amide bonds. The molecule has 1 heterocycles. The van der Waals surface area contributed by atoms with Crippen molar-refractivity contribution in [3.63, 3.8) is 0 Å². The van der Waals surface area contributed by atoms with E-state index in [1.165, 1.54) is 4.88 Å². The lowest BCUT2D eigenvalue weighted by atomic mass is 10.1. The van der Waals surface area contributed by atoms with Crippen LogP contribution < -0.4 is 0 Å². The summed E-state index contributed by atoms with van der Waals surface area (Å²) in [6.07, 6.45) is 2.66. The SMILES string of the molecule is CN(CCCC(=O)c1ccccc1)CCc1cccs1. The number of ketones is 1. The number of nitrogens with zero attached hydrogens (tertiary/aromatic N) is 1. The van der Waals surface area contributed by atoms with E-state index in [0.717, 1.165) is 31.5 Å². The average molecular weight is 287 g/mol. The molecule has 0 aliphatic heterocycles. The molecular weight excluding hydrogens is 266 g/mol. The molecule has 1 aromatic carbocycles. The van der Waals surface area contributed by atoms with Gasteiger partial charge in [-0.15, -0.1) is 11.3 Å². The minimum atomic E-state index is 0.247. The van der Waals surface area contributed by atoms with Gasteiger partial charge in [0.25, 0.3) is 0 Å². The highest BCUT2D eigenvalue weighted by Gasteiger charge is 2.06. The third-order valence-electron chi connectivity index (χ3n) is 3.36. The van der Waals surface area contributed by atoms with Gasteiger partial charge in [-0.05, 0) is 37.9 Å². The lowest BCUT2D eigenvalue weighted by Gasteiger charge is -2.15. The second-order valence-electron chi connectivity index (χ2n) is 5.03. The van der Waals surface area contributed by atoms with Crippen LogP contribution in [0.15, 0.2) is 47.8 Å². The fraction of sp³-hybridized carbons (Fsp3) is 0.353. The van der Waals surface area contributed by atoms with Crippen LogP contribution >= 0.6 is 11.3 Å². The molecule has 0 aliphatic rings. The minimum absolute atomic E-state index is 0.247. The maximum Gasteiger partial charge on any atom is 0.162 e. The zero-order valence-electron chi connectivity index (χ0n) is 11.9. The number of hydrogen-bond acceptors (Lipinski definition) is 3. The highest BCUT2D eigenvalue weighted by Crippen LogP contribution is 2.10. The Balaban J connectivity index is 1.64. The van der Waals surface area contributed by atoms with Gasteiger partial charge in [-0.3, -0.25) is 4.79 Å². The Morgan fingerprint density at radius 2 is 1.90 bits per heavy atom. The molecule has 0 aliphatic carbocycles. The molecule has 0 bridgehead atoms. The first kappa shape index (κ1) is 14.9. The van der Waals surface area contributed by atoms with Gasteiger partial charge in [-0.25, -0.2) is 0 Å². The van der Waals surface area contributed by atoms with Crippen LogP contribution in [0.1, 0.15) is 28.1 Å². The molecule has 0 saturated carbocycles. The number of likely N-dealkylation sites (N-methyl/N-ethyl adjacent to an activating group) is 1. The lowest BCUT2D eigenvalue weighted by molar-refractivity contribution is 0.0976. The molecule has 2 aromatic rings. The molecule has 0 spiro atoms. The number of carbonyl (C=O) groups is 1. The Kier molecular flexibility index (Phi) is 5.96. The van der Waals surface area contributed by atoms with Gasteiger partial charge in [-0.2, -0.15) is 0 Å². The summed E-state index contributed by atoms with van der Waals surface area (Å²) in [4.78, 5) is 15.7. The van der Waals surface area contributed by atoms with Gasteiger partial charge in [0.1, 0.15) is 0 Å². The van der Waals surface area contributed by atoms with Crippen molar-refractivity contribution in [3.8, 4) is 0 Å². The van der Waals surface area contributed by atoms with E-state index >= 15 is 0 Å². The Hall–Kier alpha value is -1.45. The predicted molar refractivity (Wildman–Crippen MR) is 85.5 cm³/mol. The quantitative estimate of drug-likeness (QED) is 0.687. The average Bonchev–Trinajstić information content (AvgIpc) is 2.99. The molecule has 0 atom stereocenters. The second kappa shape index (κ2) is 7.98. The largest absolute Gasteiger partial charge is 0.306 e. The number of hydrogen-bond donors (Lipinski definition) is 0. The Bertz CT molecular complexity index is 507. The van der Waals surface area contributed by atoms with Crippen molar-refractivity contribution in [2.24, 2.45) is 0 Å². The van der Waals surface area contributed by atoms with Crippen LogP contribution in [0.4, 0.5) is 0 Å². The third-order valence-corrected chi connectivity index (χ3v) is 4.30. The molecule has 0 N–H and O–H groups in total. The molecule has 0 radical (unpaired) electrons. The normalized spacial score (nSPS) is 10.9. The van der Waals surface area contributed by atoms with Crippen molar-refractivity contribution < 1.29 is 4.79 Å². The van der Waals surface area contributed by atoms with Crippen LogP contribution in [0, 0.1) is 0 Å². The Morgan fingerprint density at radius 1 is 1.10 bits per heavy atom. The van der Waals surface area contributed by atoms with E-state index in [-0.39, 0.29) is 5.78 Å². The van der Waals surface area contributed by atoms with Crippen molar-refractivity contribution in [1.29, 1.82) is 0 Å². The first-order valence-corrected chi connectivity index (χ1v) is 7.93. The van der Waals surface area contributed by atoms with Crippen LogP contribution in [0.25, 0.3) is 0 Å². The van der Waals surface area contributed by atoms with E-state index in [9.17, 15) is 4.79 Å².